The Labute approximate surface area is 93.6 Å². The van der Waals surface area contributed by atoms with Gasteiger partial charge in [0.25, 0.3) is 0 Å². The Balaban J connectivity index is 2.41. The van der Waals surface area contributed by atoms with Crippen molar-refractivity contribution in [3.63, 3.8) is 0 Å². The van der Waals surface area contributed by atoms with E-state index in [1.165, 1.54) is 6.33 Å². The molecule has 0 aromatic carbocycles. The van der Waals surface area contributed by atoms with E-state index in [2.05, 4.69) is 37.4 Å². The highest BCUT2D eigenvalue weighted by atomic mass is 15.2. The molecular weight excluding hydrogens is 204 g/mol. The maximum Gasteiger partial charge on any atom is 0.199 e. The van der Waals surface area contributed by atoms with E-state index in [9.17, 15) is 0 Å². The molecule has 0 radical (unpaired) electrons. The van der Waals surface area contributed by atoms with Gasteiger partial charge in [0, 0.05) is 18.3 Å². The molecule has 16 heavy (non-hydrogen) atoms. The van der Waals surface area contributed by atoms with Crippen molar-refractivity contribution in [3.8, 4) is 11.6 Å². The zero-order chi connectivity index (χ0) is 11.4. The van der Waals surface area contributed by atoms with Gasteiger partial charge in [-0.1, -0.05) is 6.92 Å². The minimum atomic E-state index is 0.577. The van der Waals surface area contributed by atoms with E-state index in [4.69, 9.17) is 0 Å². The van der Waals surface area contributed by atoms with E-state index in [-0.39, 0.29) is 0 Å². The molecular formula is C10H14N6. The van der Waals surface area contributed by atoms with Crippen molar-refractivity contribution >= 4 is 5.82 Å². The number of H-pyrrole nitrogens is 1. The summed E-state index contributed by atoms with van der Waals surface area (Å²) in [5, 5.41) is 9.72. The molecule has 2 heterocycles. The number of anilines is 1. The van der Waals surface area contributed by atoms with Crippen LogP contribution in [0.4, 0.5) is 5.82 Å². The molecule has 0 spiro atoms. The van der Waals surface area contributed by atoms with Gasteiger partial charge >= 0.3 is 0 Å². The summed E-state index contributed by atoms with van der Waals surface area (Å²) >= 11 is 0. The molecule has 0 atom stereocenters. The van der Waals surface area contributed by atoms with Gasteiger partial charge in [0.05, 0.1) is 0 Å². The third kappa shape index (κ3) is 2.16. The van der Waals surface area contributed by atoms with Crippen LogP contribution < -0.4 is 5.32 Å². The molecule has 0 unspecified atom stereocenters. The predicted octanol–water partition coefficient (Wildman–Crippen LogP) is 1.26. The highest BCUT2D eigenvalue weighted by Crippen LogP contribution is 2.13. The zero-order valence-corrected chi connectivity index (χ0v) is 9.36. The number of nitrogens with one attached hydrogen (secondary N) is 2. The molecule has 6 heteroatoms. The minimum Gasteiger partial charge on any atom is -0.370 e. The van der Waals surface area contributed by atoms with Crippen molar-refractivity contribution in [2.75, 3.05) is 11.9 Å². The summed E-state index contributed by atoms with van der Waals surface area (Å²) in [5.74, 6) is 1.99. The van der Waals surface area contributed by atoms with Crippen molar-refractivity contribution in [2.24, 2.45) is 0 Å². The molecule has 6 nitrogen and oxygen atoms in total. The predicted molar refractivity (Wildman–Crippen MR) is 61.0 cm³/mol. The van der Waals surface area contributed by atoms with E-state index < -0.39 is 0 Å². The second-order valence-electron chi connectivity index (χ2n) is 3.29. The highest BCUT2D eigenvalue weighted by molar-refractivity contribution is 5.48. The lowest BCUT2D eigenvalue weighted by molar-refractivity contribution is 0.979. The normalized spacial score (nSPS) is 10.4. The van der Waals surface area contributed by atoms with Gasteiger partial charge in [-0.2, -0.15) is 5.10 Å². The smallest absolute Gasteiger partial charge is 0.199 e. The molecule has 0 aliphatic rings. The van der Waals surface area contributed by atoms with E-state index >= 15 is 0 Å². The van der Waals surface area contributed by atoms with Crippen molar-refractivity contribution in [2.45, 2.75) is 20.3 Å². The maximum absolute atomic E-state index is 4.39. The average Bonchev–Trinajstić information content (AvgIpc) is 2.82. The van der Waals surface area contributed by atoms with Crippen LogP contribution in [-0.4, -0.2) is 31.7 Å². The molecule has 2 rings (SSSR count). The van der Waals surface area contributed by atoms with E-state index in [0.717, 1.165) is 24.5 Å². The van der Waals surface area contributed by atoms with E-state index in [1.54, 1.807) is 0 Å². The summed E-state index contributed by atoms with van der Waals surface area (Å²) in [7, 11) is 0. The number of hydrogen-bond donors (Lipinski definition) is 2. The molecule has 0 aliphatic heterocycles. The van der Waals surface area contributed by atoms with Crippen molar-refractivity contribution in [1.29, 1.82) is 0 Å². The van der Waals surface area contributed by atoms with Crippen LogP contribution in [0.5, 0.6) is 0 Å². The Morgan fingerprint density at radius 1 is 1.31 bits per heavy atom. The number of aryl methyl sites for hydroxylation is 1. The number of rotatable bonds is 4. The summed E-state index contributed by atoms with van der Waals surface area (Å²) in [6, 6.07) is 1.95. The fourth-order valence-corrected chi connectivity index (χ4v) is 1.37. The zero-order valence-electron chi connectivity index (χ0n) is 9.36. The molecule has 2 aromatic rings. The SMILES string of the molecule is CCNc1cc(CC)nc(-c2ncn[nH]2)n1. The third-order valence-corrected chi connectivity index (χ3v) is 2.13. The summed E-state index contributed by atoms with van der Waals surface area (Å²) in [5.41, 5.74) is 0.984. The molecule has 0 amide bonds. The molecule has 2 aromatic heterocycles. The first-order chi connectivity index (χ1) is 7.83. The van der Waals surface area contributed by atoms with Crippen LogP contribution in [0.3, 0.4) is 0 Å². The Hall–Kier alpha value is -1.98. The Bertz CT molecular complexity index is 450. The van der Waals surface area contributed by atoms with Crippen molar-refractivity contribution < 1.29 is 0 Å². The topological polar surface area (TPSA) is 79.4 Å². The van der Waals surface area contributed by atoms with Crippen LogP contribution >= 0.6 is 0 Å². The summed E-state index contributed by atoms with van der Waals surface area (Å²) < 4.78 is 0. The van der Waals surface area contributed by atoms with Gasteiger partial charge in [-0.25, -0.2) is 15.0 Å². The van der Waals surface area contributed by atoms with Crippen LogP contribution in [0.15, 0.2) is 12.4 Å². The van der Waals surface area contributed by atoms with Crippen molar-refractivity contribution in [1.82, 2.24) is 25.1 Å². The lowest BCUT2D eigenvalue weighted by Crippen LogP contribution is -2.04. The fraction of sp³-hybridized carbons (Fsp3) is 0.400. The Morgan fingerprint density at radius 2 is 2.19 bits per heavy atom. The lowest BCUT2D eigenvalue weighted by Gasteiger charge is -2.05. The molecule has 0 bridgehead atoms. The number of aromatic amines is 1. The second-order valence-corrected chi connectivity index (χ2v) is 3.29. The molecule has 2 N–H and O–H groups in total. The van der Waals surface area contributed by atoms with Gasteiger partial charge in [-0.3, -0.25) is 5.10 Å². The van der Waals surface area contributed by atoms with Crippen LogP contribution in [-0.2, 0) is 6.42 Å². The summed E-state index contributed by atoms with van der Waals surface area (Å²) in [6.45, 7) is 4.92. The van der Waals surface area contributed by atoms with Crippen LogP contribution in [0.25, 0.3) is 11.6 Å². The van der Waals surface area contributed by atoms with Gasteiger partial charge in [0.2, 0.25) is 0 Å². The van der Waals surface area contributed by atoms with Gasteiger partial charge < -0.3 is 5.32 Å². The van der Waals surface area contributed by atoms with Crippen molar-refractivity contribution in [3.05, 3.63) is 18.1 Å². The van der Waals surface area contributed by atoms with Gasteiger partial charge in [-0.15, -0.1) is 0 Å². The number of aromatic nitrogens is 5. The molecule has 84 valence electrons. The summed E-state index contributed by atoms with van der Waals surface area (Å²) in [4.78, 5) is 12.8. The van der Waals surface area contributed by atoms with Gasteiger partial charge in [-0.05, 0) is 13.3 Å². The fourth-order valence-electron chi connectivity index (χ4n) is 1.37. The number of nitrogens with zero attached hydrogens (tertiary/aromatic N) is 4. The Morgan fingerprint density at radius 3 is 2.81 bits per heavy atom. The van der Waals surface area contributed by atoms with E-state index in [1.807, 2.05) is 13.0 Å². The minimum absolute atomic E-state index is 0.577. The van der Waals surface area contributed by atoms with Gasteiger partial charge in [0.1, 0.15) is 12.1 Å². The van der Waals surface area contributed by atoms with Gasteiger partial charge in [0.15, 0.2) is 11.6 Å². The van der Waals surface area contributed by atoms with Crippen LogP contribution in [0.2, 0.25) is 0 Å². The second kappa shape index (κ2) is 4.69. The highest BCUT2D eigenvalue weighted by Gasteiger charge is 2.07. The monoisotopic (exact) mass is 218 g/mol. The van der Waals surface area contributed by atoms with Crippen LogP contribution in [0, 0.1) is 0 Å². The average molecular weight is 218 g/mol. The first-order valence-electron chi connectivity index (χ1n) is 5.31. The molecule has 0 saturated heterocycles. The molecule has 0 saturated carbocycles. The first kappa shape index (κ1) is 10.5. The van der Waals surface area contributed by atoms with Crippen LogP contribution in [0.1, 0.15) is 19.5 Å². The summed E-state index contributed by atoms with van der Waals surface area (Å²) in [6.07, 6.45) is 2.31. The largest absolute Gasteiger partial charge is 0.370 e. The first-order valence-corrected chi connectivity index (χ1v) is 5.31. The third-order valence-electron chi connectivity index (χ3n) is 2.13. The van der Waals surface area contributed by atoms with E-state index in [0.29, 0.717) is 11.6 Å². The lowest BCUT2D eigenvalue weighted by atomic mass is 10.3. The number of hydrogen-bond acceptors (Lipinski definition) is 5. The standard InChI is InChI=1S/C10H14N6/c1-3-7-5-8(11-4-2)15-10(14-7)9-12-6-13-16-9/h5-6H,3-4H2,1-2H3,(H,11,14,15)(H,12,13,16). The maximum atomic E-state index is 4.39. The molecule has 0 fully saturated rings. The molecule has 0 aliphatic carbocycles. The Kier molecular flexibility index (Phi) is 3.09. The quantitative estimate of drug-likeness (QED) is 0.807.